The summed E-state index contributed by atoms with van der Waals surface area (Å²) >= 11 is 0. The third-order valence-electron chi connectivity index (χ3n) is 3.01. The number of amides is 2. The number of aliphatic carboxylic acids is 1. The number of phenols is 1. The maximum absolute atomic E-state index is 12.2. The highest BCUT2D eigenvalue weighted by molar-refractivity contribution is 5.94. The van der Waals surface area contributed by atoms with Crippen LogP contribution < -0.4 is 10.6 Å². The van der Waals surface area contributed by atoms with E-state index in [0.717, 1.165) is 6.08 Å². The van der Waals surface area contributed by atoms with Crippen molar-refractivity contribution in [2.45, 2.75) is 12.3 Å². The van der Waals surface area contributed by atoms with Crippen molar-refractivity contribution in [3.05, 3.63) is 42.0 Å². The van der Waals surface area contributed by atoms with Gasteiger partial charge in [0, 0.05) is 25.2 Å². The second kappa shape index (κ2) is 9.63. The fraction of sp³-hybridized carbons (Fsp3) is 0.250. The van der Waals surface area contributed by atoms with Crippen LogP contribution in [0.3, 0.4) is 0 Å². The lowest BCUT2D eigenvalue weighted by Crippen LogP contribution is -2.37. The lowest BCUT2D eigenvalue weighted by atomic mass is 9.97. The van der Waals surface area contributed by atoms with E-state index in [9.17, 15) is 19.5 Å². The number of carbonyl (C=O) groups excluding carboxylic acids is 2. The standard InChI is InChI=1S/C16H17N3O5/c17-8-1-9-18-16(24)13(11-2-4-12(20)5-3-11)10-19-14(21)6-7-15(22)23/h2-7,13,20H,1,9-10H2,(H,18,24)(H,19,21)(H,22,23). The number of nitrogens with one attached hydrogen (secondary N) is 2. The monoisotopic (exact) mass is 331 g/mol. The SMILES string of the molecule is N#CCCNC(=O)C(CNC(=O)C=CC(=O)O)c1ccc(O)cc1. The number of rotatable bonds is 8. The molecule has 8 nitrogen and oxygen atoms in total. The van der Waals surface area contributed by atoms with E-state index in [0.29, 0.717) is 11.6 Å². The van der Waals surface area contributed by atoms with Crippen LogP contribution in [0.4, 0.5) is 0 Å². The number of carboxylic acid groups (broad SMARTS) is 1. The first kappa shape index (κ1) is 18.7. The van der Waals surface area contributed by atoms with Crippen molar-refractivity contribution in [3.8, 4) is 11.8 Å². The number of carboxylic acids is 1. The van der Waals surface area contributed by atoms with Gasteiger partial charge >= 0.3 is 5.97 Å². The van der Waals surface area contributed by atoms with Crippen LogP contribution in [0.1, 0.15) is 17.9 Å². The molecule has 0 saturated carbocycles. The zero-order valence-corrected chi connectivity index (χ0v) is 12.7. The topological polar surface area (TPSA) is 140 Å². The molecular weight excluding hydrogens is 314 g/mol. The van der Waals surface area contributed by atoms with E-state index in [-0.39, 0.29) is 25.3 Å². The summed E-state index contributed by atoms with van der Waals surface area (Å²) in [4.78, 5) is 34.1. The van der Waals surface area contributed by atoms with Crippen molar-refractivity contribution in [3.63, 3.8) is 0 Å². The largest absolute Gasteiger partial charge is 0.508 e. The molecule has 2 amide bonds. The van der Waals surface area contributed by atoms with Crippen LogP contribution in [-0.2, 0) is 14.4 Å². The van der Waals surface area contributed by atoms with Crippen LogP contribution in [-0.4, -0.2) is 41.1 Å². The van der Waals surface area contributed by atoms with Crippen LogP contribution >= 0.6 is 0 Å². The third kappa shape index (κ3) is 6.62. The summed E-state index contributed by atoms with van der Waals surface area (Å²) in [7, 11) is 0. The summed E-state index contributed by atoms with van der Waals surface area (Å²) in [6.45, 7) is 0.114. The van der Waals surface area contributed by atoms with Gasteiger partial charge in [0.05, 0.1) is 18.4 Å². The number of benzene rings is 1. The van der Waals surface area contributed by atoms with Gasteiger partial charge < -0.3 is 20.8 Å². The minimum atomic E-state index is -1.26. The van der Waals surface area contributed by atoms with Crippen LogP contribution in [0.25, 0.3) is 0 Å². The summed E-state index contributed by atoms with van der Waals surface area (Å²) in [6, 6.07) is 7.82. The fourth-order valence-corrected chi connectivity index (χ4v) is 1.84. The Hall–Kier alpha value is -3.34. The van der Waals surface area contributed by atoms with Crippen molar-refractivity contribution >= 4 is 17.8 Å². The molecule has 0 aliphatic heterocycles. The molecule has 0 radical (unpaired) electrons. The molecule has 0 spiro atoms. The third-order valence-corrected chi connectivity index (χ3v) is 3.01. The van der Waals surface area contributed by atoms with E-state index in [4.69, 9.17) is 10.4 Å². The second-order valence-electron chi connectivity index (χ2n) is 4.76. The maximum Gasteiger partial charge on any atom is 0.328 e. The Balaban J connectivity index is 2.79. The molecule has 0 aromatic heterocycles. The summed E-state index contributed by atoms with van der Waals surface area (Å²) in [5, 5.41) is 31.3. The lowest BCUT2D eigenvalue weighted by Gasteiger charge is -2.17. The van der Waals surface area contributed by atoms with Gasteiger partial charge in [-0.25, -0.2) is 4.79 Å². The second-order valence-corrected chi connectivity index (χ2v) is 4.76. The van der Waals surface area contributed by atoms with Gasteiger partial charge in [-0.1, -0.05) is 12.1 Å². The quantitative estimate of drug-likeness (QED) is 0.398. The molecule has 0 heterocycles. The van der Waals surface area contributed by atoms with Crippen molar-refractivity contribution < 1.29 is 24.6 Å². The molecule has 126 valence electrons. The molecule has 1 unspecified atom stereocenters. The Labute approximate surface area is 138 Å². The molecule has 0 bridgehead atoms. The highest BCUT2D eigenvalue weighted by Crippen LogP contribution is 2.18. The van der Waals surface area contributed by atoms with Crippen LogP contribution in [0.5, 0.6) is 5.75 Å². The van der Waals surface area contributed by atoms with Crippen molar-refractivity contribution in [1.82, 2.24) is 10.6 Å². The van der Waals surface area contributed by atoms with E-state index < -0.39 is 23.7 Å². The molecule has 0 aliphatic carbocycles. The van der Waals surface area contributed by atoms with Gasteiger partial charge in [0.15, 0.2) is 0 Å². The summed E-state index contributed by atoms with van der Waals surface area (Å²) in [5.74, 6) is -3.00. The normalized spacial score (nSPS) is 11.5. The Kier molecular flexibility index (Phi) is 7.51. The predicted octanol–water partition coefficient (Wildman–Crippen LogP) is 0.263. The minimum absolute atomic E-state index is 0.0378. The first-order valence-electron chi connectivity index (χ1n) is 7.06. The highest BCUT2D eigenvalue weighted by Gasteiger charge is 2.21. The number of nitrogens with zero attached hydrogens (tertiary/aromatic N) is 1. The summed E-state index contributed by atoms with van der Waals surface area (Å²) in [5.41, 5.74) is 0.560. The lowest BCUT2D eigenvalue weighted by molar-refractivity contribution is -0.131. The maximum atomic E-state index is 12.2. The van der Waals surface area contributed by atoms with Gasteiger partial charge in [-0.2, -0.15) is 5.26 Å². The molecule has 8 heteroatoms. The molecule has 1 aromatic rings. The van der Waals surface area contributed by atoms with Gasteiger partial charge in [0.1, 0.15) is 5.75 Å². The first-order chi connectivity index (χ1) is 11.4. The Bertz CT molecular complexity index is 661. The smallest absolute Gasteiger partial charge is 0.328 e. The molecule has 0 aliphatic rings. The Morgan fingerprint density at radius 2 is 1.83 bits per heavy atom. The van der Waals surface area contributed by atoms with E-state index in [1.807, 2.05) is 6.07 Å². The van der Waals surface area contributed by atoms with Gasteiger partial charge in [-0.05, 0) is 17.7 Å². The van der Waals surface area contributed by atoms with Crippen LogP contribution in [0.15, 0.2) is 36.4 Å². The molecule has 1 aromatic carbocycles. The Morgan fingerprint density at radius 3 is 2.42 bits per heavy atom. The van der Waals surface area contributed by atoms with Crippen LogP contribution in [0.2, 0.25) is 0 Å². The number of nitriles is 1. The molecule has 1 atom stereocenters. The zero-order chi connectivity index (χ0) is 17.9. The van der Waals surface area contributed by atoms with Crippen LogP contribution in [0, 0.1) is 11.3 Å². The summed E-state index contributed by atoms with van der Waals surface area (Å²) < 4.78 is 0. The average Bonchev–Trinajstić information content (AvgIpc) is 2.55. The molecule has 1 rings (SSSR count). The van der Waals surface area contributed by atoms with Crippen molar-refractivity contribution in [1.29, 1.82) is 5.26 Å². The molecule has 4 N–H and O–H groups in total. The van der Waals surface area contributed by atoms with Gasteiger partial charge in [0.2, 0.25) is 11.8 Å². The fourth-order valence-electron chi connectivity index (χ4n) is 1.84. The highest BCUT2D eigenvalue weighted by atomic mass is 16.4. The van der Waals surface area contributed by atoms with Gasteiger partial charge in [0.25, 0.3) is 0 Å². The number of carbonyl (C=O) groups is 3. The molecular formula is C16H17N3O5. The van der Waals surface area contributed by atoms with Crippen molar-refractivity contribution in [2.24, 2.45) is 0 Å². The van der Waals surface area contributed by atoms with E-state index in [1.165, 1.54) is 12.1 Å². The number of hydrogen-bond acceptors (Lipinski definition) is 5. The number of aromatic hydroxyl groups is 1. The number of phenolic OH excluding ortho intramolecular Hbond substituents is 1. The predicted molar refractivity (Wildman–Crippen MR) is 83.9 cm³/mol. The van der Waals surface area contributed by atoms with E-state index in [1.54, 1.807) is 12.1 Å². The number of hydrogen-bond donors (Lipinski definition) is 4. The Morgan fingerprint density at radius 1 is 1.17 bits per heavy atom. The van der Waals surface area contributed by atoms with Gasteiger partial charge in [-0.3, -0.25) is 9.59 Å². The minimum Gasteiger partial charge on any atom is -0.508 e. The van der Waals surface area contributed by atoms with Gasteiger partial charge in [-0.15, -0.1) is 0 Å². The first-order valence-corrected chi connectivity index (χ1v) is 7.06. The zero-order valence-electron chi connectivity index (χ0n) is 12.7. The molecule has 0 saturated heterocycles. The molecule has 24 heavy (non-hydrogen) atoms. The van der Waals surface area contributed by atoms with E-state index in [2.05, 4.69) is 10.6 Å². The molecule has 0 fully saturated rings. The van der Waals surface area contributed by atoms with E-state index >= 15 is 0 Å². The summed E-state index contributed by atoms with van der Waals surface area (Å²) in [6.07, 6.45) is 1.70. The van der Waals surface area contributed by atoms with Crippen molar-refractivity contribution in [2.75, 3.05) is 13.1 Å². The average molecular weight is 331 g/mol.